The molecule has 7 nitrogen and oxygen atoms in total. The van der Waals surface area contributed by atoms with E-state index in [2.05, 4.69) is 5.32 Å². The van der Waals surface area contributed by atoms with Gasteiger partial charge in [0.1, 0.15) is 12.6 Å². The van der Waals surface area contributed by atoms with Crippen molar-refractivity contribution in [2.24, 2.45) is 0 Å². The van der Waals surface area contributed by atoms with Crippen molar-refractivity contribution in [3.63, 3.8) is 0 Å². The number of anilines is 1. The molecule has 0 aromatic heterocycles. The van der Waals surface area contributed by atoms with Gasteiger partial charge in [0.15, 0.2) is 0 Å². The third kappa shape index (κ3) is 8.08. The molecule has 9 heteroatoms. The first kappa shape index (κ1) is 31.2. The van der Waals surface area contributed by atoms with E-state index in [4.69, 9.17) is 11.6 Å². The summed E-state index contributed by atoms with van der Waals surface area (Å²) in [5.74, 6) is -0.867. The molecule has 0 radical (unpaired) electrons. The largest absolute Gasteiger partial charge is 0.350 e. The Morgan fingerprint density at radius 1 is 0.900 bits per heavy atom. The van der Waals surface area contributed by atoms with Crippen molar-refractivity contribution in [1.82, 2.24) is 10.2 Å². The molecular formula is C31H38ClN3O4S. The molecule has 1 N–H and O–H groups in total. The lowest BCUT2D eigenvalue weighted by molar-refractivity contribution is -0.140. The SMILES string of the molecule is Cc1ccc(S(=O)(=O)N(CC(=O)N(Cc2cccc(Cl)c2)[C@@H](C)C(=O)NC(C)(C)C)c2cc(C)cc(C)c2)cc1. The first-order valence-corrected chi connectivity index (χ1v) is 14.9. The van der Waals surface area contributed by atoms with Gasteiger partial charge in [-0.1, -0.05) is 47.5 Å². The molecule has 0 aliphatic carbocycles. The van der Waals surface area contributed by atoms with Crippen LogP contribution in [0.1, 0.15) is 49.9 Å². The van der Waals surface area contributed by atoms with Crippen molar-refractivity contribution in [2.75, 3.05) is 10.8 Å². The Bertz CT molecular complexity index is 1460. The summed E-state index contributed by atoms with van der Waals surface area (Å²) in [4.78, 5) is 28.7. The molecule has 3 rings (SSSR count). The van der Waals surface area contributed by atoms with E-state index in [9.17, 15) is 18.0 Å². The third-order valence-electron chi connectivity index (χ3n) is 6.29. The Labute approximate surface area is 243 Å². The van der Waals surface area contributed by atoms with Gasteiger partial charge in [-0.25, -0.2) is 8.42 Å². The third-order valence-corrected chi connectivity index (χ3v) is 8.31. The second kappa shape index (κ2) is 12.4. The quantitative estimate of drug-likeness (QED) is 0.345. The van der Waals surface area contributed by atoms with Crippen LogP contribution in [0.25, 0.3) is 0 Å². The Morgan fingerprint density at radius 2 is 1.50 bits per heavy atom. The summed E-state index contributed by atoms with van der Waals surface area (Å²) in [5.41, 5.74) is 3.21. The van der Waals surface area contributed by atoms with E-state index in [1.165, 1.54) is 17.0 Å². The van der Waals surface area contributed by atoms with Crippen LogP contribution in [0.15, 0.2) is 71.6 Å². The van der Waals surface area contributed by atoms with Crippen LogP contribution in [0.4, 0.5) is 5.69 Å². The molecule has 0 aliphatic rings. The van der Waals surface area contributed by atoms with Gasteiger partial charge in [-0.15, -0.1) is 0 Å². The predicted octanol–water partition coefficient (Wildman–Crippen LogP) is 5.79. The van der Waals surface area contributed by atoms with E-state index in [1.807, 2.05) is 53.7 Å². The minimum atomic E-state index is -4.12. The average Bonchev–Trinajstić information content (AvgIpc) is 2.84. The molecule has 2 amide bonds. The van der Waals surface area contributed by atoms with Crippen molar-refractivity contribution >= 4 is 39.1 Å². The zero-order chi connectivity index (χ0) is 29.8. The molecule has 0 aliphatic heterocycles. The smallest absolute Gasteiger partial charge is 0.264 e. The summed E-state index contributed by atoms with van der Waals surface area (Å²) < 4.78 is 29.1. The molecule has 0 heterocycles. The van der Waals surface area contributed by atoms with Crippen LogP contribution in [-0.4, -0.2) is 43.3 Å². The summed E-state index contributed by atoms with van der Waals surface area (Å²) in [5, 5.41) is 3.42. The van der Waals surface area contributed by atoms with E-state index in [0.717, 1.165) is 26.6 Å². The van der Waals surface area contributed by atoms with Gasteiger partial charge >= 0.3 is 0 Å². The lowest BCUT2D eigenvalue weighted by Gasteiger charge is -2.33. The van der Waals surface area contributed by atoms with Gasteiger partial charge in [0.2, 0.25) is 11.8 Å². The zero-order valence-electron chi connectivity index (χ0n) is 24.2. The fraction of sp³-hybridized carbons (Fsp3) is 0.355. The molecule has 0 saturated carbocycles. The van der Waals surface area contributed by atoms with Gasteiger partial charge in [0, 0.05) is 17.1 Å². The summed E-state index contributed by atoms with van der Waals surface area (Å²) in [6.07, 6.45) is 0. The van der Waals surface area contributed by atoms with Gasteiger partial charge in [-0.3, -0.25) is 13.9 Å². The van der Waals surface area contributed by atoms with Gasteiger partial charge in [0.25, 0.3) is 10.0 Å². The van der Waals surface area contributed by atoms with Gasteiger partial charge in [-0.05, 0) is 102 Å². The molecule has 3 aromatic carbocycles. The van der Waals surface area contributed by atoms with Crippen molar-refractivity contribution in [2.45, 2.75) is 71.5 Å². The fourth-order valence-corrected chi connectivity index (χ4v) is 5.96. The molecule has 3 aromatic rings. The van der Waals surface area contributed by atoms with Crippen molar-refractivity contribution in [3.8, 4) is 0 Å². The van der Waals surface area contributed by atoms with Crippen LogP contribution in [-0.2, 0) is 26.2 Å². The van der Waals surface area contributed by atoms with Crippen molar-refractivity contribution < 1.29 is 18.0 Å². The summed E-state index contributed by atoms with van der Waals surface area (Å²) in [6.45, 7) is 12.4. The number of benzene rings is 3. The van der Waals surface area contributed by atoms with Crippen LogP contribution in [0.2, 0.25) is 5.02 Å². The van der Waals surface area contributed by atoms with Crippen LogP contribution in [0.5, 0.6) is 0 Å². The number of nitrogens with one attached hydrogen (secondary N) is 1. The topological polar surface area (TPSA) is 86.8 Å². The molecular weight excluding hydrogens is 546 g/mol. The second-order valence-electron chi connectivity index (χ2n) is 11.2. The van der Waals surface area contributed by atoms with Crippen LogP contribution in [0, 0.1) is 20.8 Å². The number of hydrogen-bond donors (Lipinski definition) is 1. The monoisotopic (exact) mass is 583 g/mol. The van der Waals surface area contributed by atoms with E-state index in [0.29, 0.717) is 10.7 Å². The predicted molar refractivity (Wildman–Crippen MR) is 161 cm³/mol. The van der Waals surface area contributed by atoms with Gasteiger partial charge in [-0.2, -0.15) is 0 Å². The highest BCUT2D eigenvalue weighted by molar-refractivity contribution is 7.92. The maximum atomic E-state index is 14.0. The first-order chi connectivity index (χ1) is 18.6. The number of halogens is 1. The first-order valence-electron chi connectivity index (χ1n) is 13.1. The Morgan fingerprint density at radius 3 is 2.05 bits per heavy atom. The maximum Gasteiger partial charge on any atom is 0.264 e. The van der Waals surface area contributed by atoms with Crippen molar-refractivity contribution in [1.29, 1.82) is 0 Å². The molecule has 0 spiro atoms. The highest BCUT2D eigenvalue weighted by atomic mass is 35.5. The van der Waals surface area contributed by atoms with Crippen LogP contribution in [0.3, 0.4) is 0 Å². The standard InChI is InChI=1S/C31H38ClN3O4S/c1-21-11-13-28(14-12-21)40(38,39)35(27-16-22(2)15-23(3)17-27)20-29(36)34(19-25-9-8-10-26(32)18-25)24(4)30(37)33-31(5,6)7/h8-18,24H,19-20H2,1-7H3,(H,33,37)/t24-/m0/s1. The fourth-order valence-electron chi connectivity index (χ4n) is 4.35. The molecule has 0 bridgehead atoms. The zero-order valence-corrected chi connectivity index (χ0v) is 25.7. The maximum absolute atomic E-state index is 14.0. The number of rotatable bonds is 9. The van der Waals surface area contributed by atoms with Gasteiger partial charge in [0.05, 0.1) is 10.6 Å². The van der Waals surface area contributed by atoms with Crippen LogP contribution < -0.4 is 9.62 Å². The average molecular weight is 584 g/mol. The molecule has 0 unspecified atom stereocenters. The molecule has 40 heavy (non-hydrogen) atoms. The number of carbonyl (C=O) groups is 2. The highest BCUT2D eigenvalue weighted by Crippen LogP contribution is 2.27. The number of sulfonamides is 1. The van der Waals surface area contributed by atoms with E-state index < -0.39 is 34.1 Å². The second-order valence-corrected chi connectivity index (χ2v) is 13.5. The van der Waals surface area contributed by atoms with Crippen molar-refractivity contribution in [3.05, 3.63) is 94.0 Å². The normalized spacial score (nSPS) is 12.5. The summed E-state index contributed by atoms with van der Waals surface area (Å²) >= 11 is 6.20. The minimum Gasteiger partial charge on any atom is -0.350 e. The number of hydrogen-bond acceptors (Lipinski definition) is 4. The van der Waals surface area contributed by atoms with E-state index in [1.54, 1.807) is 49.4 Å². The molecule has 214 valence electrons. The molecule has 0 fully saturated rings. The Balaban J connectivity index is 2.07. The highest BCUT2D eigenvalue weighted by Gasteiger charge is 2.33. The van der Waals surface area contributed by atoms with Crippen LogP contribution >= 0.6 is 11.6 Å². The summed E-state index contributed by atoms with van der Waals surface area (Å²) in [6, 6.07) is 18.1. The number of amides is 2. The summed E-state index contributed by atoms with van der Waals surface area (Å²) in [7, 11) is -4.12. The Hall–Kier alpha value is -3.36. The lowest BCUT2D eigenvalue weighted by atomic mass is 10.1. The number of nitrogens with zero attached hydrogens (tertiary/aromatic N) is 2. The molecule has 1 atom stereocenters. The number of aryl methyl sites for hydroxylation is 3. The van der Waals surface area contributed by atoms with Gasteiger partial charge < -0.3 is 10.2 Å². The Kier molecular flexibility index (Phi) is 9.69. The molecule has 0 saturated heterocycles. The lowest BCUT2D eigenvalue weighted by Crippen LogP contribution is -2.54. The number of carbonyl (C=O) groups excluding carboxylic acids is 2. The minimum absolute atomic E-state index is 0.0728. The van der Waals surface area contributed by atoms with E-state index >= 15 is 0 Å². The van der Waals surface area contributed by atoms with E-state index in [-0.39, 0.29) is 17.3 Å².